The number of aromatic amines is 1. The summed E-state index contributed by atoms with van der Waals surface area (Å²) in [7, 11) is 0. The van der Waals surface area contributed by atoms with E-state index in [0.717, 1.165) is 37.2 Å². The maximum atomic E-state index is 13.0. The van der Waals surface area contributed by atoms with Gasteiger partial charge in [-0.2, -0.15) is 0 Å². The molecule has 2 aromatic rings. The van der Waals surface area contributed by atoms with Crippen LogP contribution in [0.25, 0.3) is 11.4 Å². The second-order valence-corrected chi connectivity index (χ2v) is 8.50. The standard InChI is InChI=1S/C21H30N4OS/c1-4-16-11-13-17(14-12-16)19-22-21(24-23-19)27-15(3)20(26)25(5-2)18-9-7-6-8-10-18/h11-15,18H,4-10H2,1-3H3,(H,22,23,24). The Morgan fingerprint density at radius 2 is 1.93 bits per heavy atom. The van der Waals surface area contributed by atoms with Crippen molar-refractivity contribution in [2.45, 2.75) is 75.7 Å². The van der Waals surface area contributed by atoms with Gasteiger partial charge in [0.15, 0.2) is 5.82 Å². The predicted molar refractivity (Wildman–Crippen MR) is 111 cm³/mol. The van der Waals surface area contributed by atoms with E-state index in [4.69, 9.17) is 0 Å². The van der Waals surface area contributed by atoms with Crippen LogP contribution in [-0.4, -0.2) is 43.8 Å². The Morgan fingerprint density at radius 3 is 2.56 bits per heavy atom. The van der Waals surface area contributed by atoms with Crippen molar-refractivity contribution in [3.63, 3.8) is 0 Å². The Hall–Kier alpha value is -1.82. The third-order valence-corrected chi connectivity index (χ3v) is 6.32. The van der Waals surface area contributed by atoms with Crippen molar-refractivity contribution in [1.82, 2.24) is 20.1 Å². The van der Waals surface area contributed by atoms with Crippen LogP contribution in [0.2, 0.25) is 0 Å². The normalized spacial score (nSPS) is 16.3. The average Bonchev–Trinajstić information content (AvgIpc) is 3.17. The third kappa shape index (κ3) is 4.92. The van der Waals surface area contributed by atoms with E-state index in [1.807, 2.05) is 6.92 Å². The molecule has 146 valence electrons. The first-order valence-electron chi connectivity index (χ1n) is 10.1. The van der Waals surface area contributed by atoms with Crippen LogP contribution in [0.4, 0.5) is 0 Å². The molecule has 1 aliphatic rings. The van der Waals surface area contributed by atoms with Crippen LogP contribution in [0.3, 0.4) is 0 Å². The summed E-state index contributed by atoms with van der Waals surface area (Å²) in [5, 5.41) is 7.76. The maximum Gasteiger partial charge on any atom is 0.236 e. The third-order valence-electron chi connectivity index (χ3n) is 5.37. The van der Waals surface area contributed by atoms with Crippen LogP contribution in [0.15, 0.2) is 29.4 Å². The van der Waals surface area contributed by atoms with E-state index >= 15 is 0 Å². The van der Waals surface area contributed by atoms with Crippen LogP contribution >= 0.6 is 11.8 Å². The number of aryl methyl sites for hydroxylation is 1. The number of carbonyl (C=O) groups excluding carboxylic acids is 1. The second-order valence-electron chi connectivity index (χ2n) is 7.19. The van der Waals surface area contributed by atoms with Gasteiger partial charge >= 0.3 is 0 Å². The number of aromatic nitrogens is 3. The van der Waals surface area contributed by atoms with E-state index in [1.54, 1.807) is 0 Å². The minimum atomic E-state index is -0.182. The molecule has 3 rings (SSSR count). The first-order valence-corrected chi connectivity index (χ1v) is 11.0. The molecule has 1 amide bonds. The first kappa shape index (κ1) is 19.9. The van der Waals surface area contributed by atoms with Gasteiger partial charge in [0.25, 0.3) is 0 Å². The molecule has 1 heterocycles. The fourth-order valence-corrected chi connectivity index (χ4v) is 4.55. The Kier molecular flexibility index (Phi) is 6.94. The SMILES string of the molecule is CCc1ccc(-c2nc(SC(C)C(=O)N(CC)C3CCCCC3)n[nH]2)cc1. The molecule has 1 N–H and O–H groups in total. The minimum Gasteiger partial charge on any atom is -0.339 e. The fraction of sp³-hybridized carbons (Fsp3) is 0.571. The monoisotopic (exact) mass is 386 g/mol. The Morgan fingerprint density at radius 1 is 1.22 bits per heavy atom. The average molecular weight is 387 g/mol. The highest BCUT2D eigenvalue weighted by atomic mass is 32.2. The minimum absolute atomic E-state index is 0.182. The first-order chi connectivity index (χ1) is 13.1. The number of nitrogens with zero attached hydrogens (tertiary/aromatic N) is 3. The van der Waals surface area contributed by atoms with Crippen molar-refractivity contribution in [3.05, 3.63) is 29.8 Å². The van der Waals surface area contributed by atoms with Crippen LogP contribution in [0.5, 0.6) is 0 Å². The summed E-state index contributed by atoms with van der Waals surface area (Å²) >= 11 is 1.44. The van der Waals surface area contributed by atoms with Gasteiger partial charge < -0.3 is 4.90 Å². The number of H-pyrrole nitrogens is 1. The van der Waals surface area contributed by atoms with E-state index in [0.29, 0.717) is 11.2 Å². The summed E-state index contributed by atoms with van der Waals surface area (Å²) in [6, 6.07) is 8.74. The summed E-state index contributed by atoms with van der Waals surface area (Å²) in [6.45, 7) is 6.96. The highest BCUT2D eigenvalue weighted by Crippen LogP contribution is 2.27. The lowest BCUT2D eigenvalue weighted by Gasteiger charge is -2.35. The smallest absolute Gasteiger partial charge is 0.236 e. The van der Waals surface area contributed by atoms with Crippen LogP contribution in [0.1, 0.15) is 58.4 Å². The van der Waals surface area contributed by atoms with E-state index < -0.39 is 0 Å². The zero-order valence-electron chi connectivity index (χ0n) is 16.6. The molecule has 27 heavy (non-hydrogen) atoms. The molecule has 0 aliphatic heterocycles. The van der Waals surface area contributed by atoms with Gasteiger partial charge in [-0.15, -0.1) is 5.10 Å². The number of hydrogen-bond acceptors (Lipinski definition) is 4. The van der Waals surface area contributed by atoms with Crippen molar-refractivity contribution in [2.24, 2.45) is 0 Å². The molecule has 5 nitrogen and oxygen atoms in total. The zero-order valence-corrected chi connectivity index (χ0v) is 17.4. The summed E-state index contributed by atoms with van der Waals surface area (Å²) in [5.74, 6) is 0.951. The van der Waals surface area contributed by atoms with Gasteiger partial charge in [0.2, 0.25) is 11.1 Å². The molecule has 0 saturated heterocycles. The Balaban J connectivity index is 1.63. The van der Waals surface area contributed by atoms with Gasteiger partial charge in [0, 0.05) is 18.2 Å². The van der Waals surface area contributed by atoms with Crippen molar-refractivity contribution in [2.75, 3.05) is 6.54 Å². The molecule has 1 atom stereocenters. The lowest BCUT2D eigenvalue weighted by atomic mass is 9.94. The molecule has 1 aromatic heterocycles. The van der Waals surface area contributed by atoms with E-state index in [2.05, 4.69) is 58.2 Å². The van der Waals surface area contributed by atoms with Gasteiger partial charge in [-0.3, -0.25) is 9.89 Å². The quantitative estimate of drug-likeness (QED) is 0.701. The molecule has 1 aliphatic carbocycles. The van der Waals surface area contributed by atoms with Gasteiger partial charge in [-0.1, -0.05) is 62.2 Å². The van der Waals surface area contributed by atoms with Crippen LogP contribution in [0, 0.1) is 0 Å². The number of benzene rings is 1. The predicted octanol–water partition coefficient (Wildman–Crippen LogP) is 4.70. The molecular formula is C21H30N4OS. The van der Waals surface area contributed by atoms with Gasteiger partial charge in [-0.05, 0) is 38.7 Å². The van der Waals surface area contributed by atoms with Crippen LogP contribution in [-0.2, 0) is 11.2 Å². The van der Waals surface area contributed by atoms with E-state index in [1.165, 1.54) is 36.6 Å². The number of rotatable bonds is 7. The molecule has 1 fully saturated rings. The maximum absolute atomic E-state index is 13.0. The molecule has 0 spiro atoms. The molecule has 1 saturated carbocycles. The molecule has 0 bridgehead atoms. The Bertz CT molecular complexity index is 737. The highest BCUT2D eigenvalue weighted by molar-refractivity contribution is 8.00. The van der Waals surface area contributed by atoms with Crippen LogP contribution < -0.4 is 0 Å². The summed E-state index contributed by atoms with van der Waals surface area (Å²) in [6.07, 6.45) is 7.05. The van der Waals surface area contributed by atoms with Crippen molar-refractivity contribution in [1.29, 1.82) is 0 Å². The molecule has 0 radical (unpaired) electrons. The van der Waals surface area contributed by atoms with Gasteiger partial charge in [0.1, 0.15) is 0 Å². The lowest BCUT2D eigenvalue weighted by molar-refractivity contribution is -0.133. The number of amides is 1. The Labute approximate surface area is 166 Å². The molecule has 6 heteroatoms. The fourth-order valence-electron chi connectivity index (χ4n) is 3.76. The van der Waals surface area contributed by atoms with Crippen molar-refractivity contribution in [3.8, 4) is 11.4 Å². The molecule has 1 aromatic carbocycles. The molecular weight excluding hydrogens is 356 g/mol. The number of nitrogens with one attached hydrogen (secondary N) is 1. The molecule has 1 unspecified atom stereocenters. The van der Waals surface area contributed by atoms with Crippen molar-refractivity contribution < 1.29 is 4.79 Å². The van der Waals surface area contributed by atoms with Crippen molar-refractivity contribution >= 4 is 17.7 Å². The van der Waals surface area contributed by atoms with E-state index in [9.17, 15) is 4.79 Å². The lowest BCUT2D eigenvalue weighted by Crippen LogP contribution is -2.44. The number of hydrogen-bond donors (Lipinski definition) is 1. The largest absolute Gasteiger partial charge is 0.339 e. The number of thioether (sulfide) groups is 1. The van der Waals surface area contributed by atoms with Gasteiger partial charge in [0.05, 0.1) is 5.25 Å². The highest BCUT2D eigenvalue weighted by Gasteiger charge is 2.28. The van der Waals surface area contributed by atoms with Gasteiger partial charge in [-0.25, -0.2) is 4.98 Å². The van der Waals surface area contributed by atoms with E-state index in [-0.39, 0.29) is 11.2 Å². The topological polar surface area (TPSA) is 61.9 Å². The number of carbonyl (C=O) groups is 1. The second kappa shape index (κ2) is 9.40. The zero-order chi connectivity index (χ0) is 19.2. The summed E-state index contributed by atoms with van der Waals surface area (Å²) < 4.78 is 0. The summed E-state index contributed by atoms with van der Waals surface area (Å²) in [4.78, 5) is 19.6. The summed E-state index contributed by atoms with van der Waals surface area (Å²) in [5.41, 5.74) is 2.32.